The lowest BCUT2D eigenvalue weighted by Crippen LogP contribution is -2.37. The van der Waals surface area contributed by atoms with E-state index in [-0.39, 0.29) is 18.4 Å². The van der Waals surface area contributed by atoms with Crippen LogP contribution in [0.3, 0.4) is 0 Å². The van der Waals surface area contributed by atoms with Gasteiger partial charge in [-0.1, -0.05) is 18.2 Å². The van der Waals surface area contributed by atoms with E-state index in [9.17, 15) is 4.79 Å². The van der Waals surface area contributed by atoms with E-state index in [1.807, 2.05) is 30.3 Å². The van der Waals surface area contributed by atoms with Crippen molar-refractivity contribution in [2.24, 2.45) is 10.7 Å². The number of nitrogens with one attached hydrogen (secondary N) is 2. The van der Waals surface area contributed by atoms with Gasteiger partial charge in [0.05, 0.1) is 6.54 Å². The molecule has 1 rings (SSSR count). The first-order chi connectivity index (χ1) is 7.22. The van der Waals surface area contributed by atoms with Crippen LogP contribution in [0.25, 0.3) is 0 Å². The third-order valence-corrected chi connectivity index (χ3v) is 1.73. The van der Waals surface area contributed by atoms with E-state index in [0.717, 1.165) is 5.69 Å². The van der Waals surface area contributed by atoms with Crippen LogP contribution in [-0.2, 0) is 4.79 Å². The maximum absolute atomic E-state index is 11.3. The minimum Gasteiger partial charge on any atom is -0.370 e. The molecular weight excluding hydrogens is 192 g/mol. The molecule has 0 unspecified atom stereocenters. The number of aliphatic imine (C=N–C) groups is 1. The van der Waals surface area contributed by atoms with Crippen LogP contribution in [0.15, 0.2) is 35.3 Å². The summed E-state index contributed by atoms with van der Waals surface area (Å²) in [7, 11) is 1.55. The highest BCUT2D eigenvalue weighted by Crippen LogP contribution is 2.03. The van der Waals surface area contributed by atoms with Crippen LogP contribution in [0.5, 0.6) is 0 Å². The first-order valence-electron chi connectivity index (χ1n) is 4.53. The van der Waals surface area contributed by atoms with E-state index in [1.165, 1.54) is 0 Å². The third-order valence-electron chi connectivity index (χ3n) is 1.73. The van der Waals surface area contributed by atoms with Crippen molar-refractivity contribution in [1.29, 1.82) is 0 Å². The second-order valence-corrected chi connectivity index (χ2v) is 2.88. The highest BCUT2D eigenvalue weighted by atomic mass is 16.1. The van der Waals surface area contributed by atoms with Gasteiger partial charge in [-0.15, -0.1) is 0 Å². The molecule has 80 valence electrons. The van der Waals surface area contributed by atoms with Crippen molar-refractivity contribution in [3.05, 3.63) is 30.3 Å². The van der Waals surface area contributed by atoms with E-state index >= 15 is 0 Å². The topological polar surface area (TPSA) is 79.5 Å². The molecule has 0 saturated heterocycles. The molecule has 1 aromatic rings. The summed E-state index contributed by atoms with van der Waals surface area (Å²) in [6, 6.07) is 9.22. The second-order valence-electron chi connectivity index (χ2n) is 2.88. The van der Waals surface area contributed by atoms with Crippen LogP contribution in [0.1, 0.15) is 0 Å². The van der Waals surface area contributed by atoms with Gasteiger partial charge in [0.2, 0.25) is 5.91 Å². The zero-order chi connectivity index (χ0) is 11.1. The molecule has 5 nitrogen and oxygen atoms in total. The van der Waals surface area contributed by atoms with Gasteiger partial charge in [0.25, 0.3) is 0 Å². The summed E-state index contributed by atoms with van der Waals surface area (Å²) in [4.78, 5) is 15.0. The lowest BCUT2D eigenvalue weighted by molar-refractivity contribution is -0.115. The van der Waals surface area contributed by atoms with Gasteiger partial charge in [-0.25, -0.2) is 0 Å². The molecule has 0 bridgehead atoms. The predicted octanol–water partition coefficient (Wildman–Crippen LogP) is 0.159. The number of anilines is 1. The zero-order valence-corrected chi connectivity index (χ0v) is 8.53. The molecular formula is C10H14N4O. The Morgan fingerprint density at radius 3 is 2.67 bits per heavy atom. The van der Waals surface area contributed by atoms with Crippen LogP contribution >= 0.6 is 0 Å². The van der Waals surface area contributed by atoms with Crippen molar-refractivity contribution in [1.82, 2.24) is 5.32 Å². The Morgan fingerprint density at radius 1 is 1.40 bits per heavy atom. The van der Waals surface area contributed by atoms with Crippen molar-refractivity contribution in [3.8, 4) is 0 Å². The Kier molecular flexibility index (Phi) is 4.15. The highest BCUT2D eigenvalue weighted by Gasteiger charge is 2.01. The predicted molar refractivity (Wildman–Crippen MR) is 60.6 cm³/mol. The zero-order valence-electron chi connectivity index (χ0n) is 8.53. The van der Waals surface area contributed by atoms with Gasteiger partial charge in [0.1, 0.15) is 0 Å². The largest absolute Gasteiger partial charge is 0.370 e. The number of hydrogen-bond acceptors (Lipinski definition) is 2. The lowest BCUT2D eigenvalue weighted by atomic mass is 10.3. The third kappa shape index (κ3) is 4.12. The van der Waals surface area contributed by atoms with E-state index in [1.54, 1.807) is 7.05 Å². The van der Waals surface area contributed by atoms with Crippen molar-refractivity contribution in [3.63, 3.8) is 0 Å². The smallest absolute Gasteiger partial charge is 0.243 e. The summed E-state index contributed by atoms with van der Waals surface area (Å²) < 4.78 is 0. The summed E-state index contributed by atoms with van der Waals surface area (Å²) in [6.45, 7) is 0.109. The number of hydrogen-bond donors (Lipinski definition) is 3. The Bertz CT molecular complexity index is 348. The minimum atomic E-state index is -0.159. The van der Waals surface area contributed by atoms with Crippen LogP contribution in [-0.4, -0.2) is 25.5 Å². The number of benzene rings is 1. The number of para-hydroxylation sites is 1. The fraction of sp³-hybridized carbons (Fsp3) is 0.200. The number of rotatable bonds is 3. The number of nitrogens with zero attached hydrogens (tertiary/aromatic N) is 1. The van der Waals surface area contributed by atoms with Gasteiger partial charge in [-0.3, -0.25) is 9.79 Å². The van der Waals surface area contributed by atoms with E-state index < -0.39 is 0 Å². The molecule has 0 aromatic heterocycles. The summed E-state index contributed by atoms with van der Waals surface area (Å²) in [6.07, 6.45) is 0. The van der Waals surface area contributed by atoms with Gasteiger partial charge in [-0.2, -0.15) is 0 Å². The molecule has 0 heterocycles. The Morgan fingerprint density at radius 2 is 2.07 bits per heavy atom. The molecule has 0 aliphatic rings. The fourth-order valence-electron chi connectivity index (χ4n) is 0.977. The average molecular weight is 206 g/mol. The second kappa shape index (κ2) is 5.64. The normalized spacial score (nSPS) is 10.9. The average Bonchev–Trinajstić information content (AvgIpc) is 2.27. The summed E-state index contributed by atoms with van der Waals surface area (Å²) in [5.41, 5.74) is 6.13. The Hall–Kier alpha value is -2.04. The summed E-state index contributed by atoms with van der Waals surface area (Å²) in [5, 5.41) is 5.38. The quantitative estimate of drug-likeness (QED) is 0.487. The maximum atomic E-state index is 11.3. The van der Waals surface area contributed by atoms with Gasteiger partial charge in [0.15, 0.2) is 5.96 Å². The number of guanidine groups is 1. The van der Waals surface area contributed by atoms with E-state index in [4.69, 9.17) is 5.73 Å². The Balaban J connectivity index is 2.37. The monoisotopic (exact) mass is 206 g/mol. The van der Waals surface area contributed by atoms with Crippen LogP contribution < -0.4 is 16.4 Å². The van der Waals surface area contributed by atoms with Crippen molar-refractivity contribution < 1.29 is 4.79 Å². The van der Waals surface area contributed by atoms with Crippen LogP contribution in [0.2, 0.25) is 0 Å². The van der Waals surface area contributed by atoms with Gasteiger partial charge in [-0.05, 0) is 12.1 Å². The van der Waals surface area contributed by atoms with Crippen LogP contribution in [0, 0.1) is 0 Å². The molecule has 1 amide bonds. The van der Waals surface area contributed by atoms with E-state index in [2.05, 4.69) is 15.6 Å². The van der Waals surface area contributed by atoms with Gasteiger partial charge >= 0.3 is 0 Å². The number of carbonyl (C=O) groups is 1. The first kappa shape index (κ1) is 11.0. The molecule has 0 spiro atoms. The molecule has 0 radical (unpaired) electrons. The highest BCUT2D eigenvalue weighted by molar-refractivity contribution is 5.94. The molecule has 4 N–H and O–H groups in total. The fourth-order valence-corrected chi connectivity index (χ4v) is 0.977. The molecule has 15 heavy (non-hydrogen) atoms. The number of nitrogens with two attached hydrogens (primary N) is 1. The first-order valence-corrected chi connectivity index (χ1v) is 4.53. The molecule has 0 atom stereocenters. The lowest BCUT2D eigenvalue weighted by Gasteiger charge is -2.06. The molecule has 0 aliphatic heterocycles. The van der Waals surface area contributed by atoms with Crippen molar-refractivity contribution >= 4 is 17.6 Å². The number of amides is 1. The van der Waals surface area contributed by atoms with Crippen molar-refractivity contribution in [2.75, 3.05) is 18.9 Å². The molecule has 0 fully saturated rings. The Labute approximate surface area is 88.4 Å². The number of carbonyl (C=O) groups excluding carboxylic acids is 1. The molecule has 0 saturated carbocycles. The minimum absolute atomic E-state index is 0.109. The van der Waals surface area contributed by atoms with Crippen molar-refractivity contribution in [2.45, 2.75) is 0 Å². The SMILES string of the molecule is CN=C(N)NCC(=O)Nc1ccccc1. The standard InChI is InChI=1S/C10H14N4O/c1-12-10(11)13-7-9(15)14-8-5-3-2-4-6-8/h2-6H,7H2,1H3,(H,14,15)(H3,11,12,13). The maximum Gasteiger partial charge on any atom is 0.243 e. The molecule has 0 aliphatic carbocycles. The summed E-state index contributed by atoms with van der Waals surface area (Å²) in [5.74, 6) is 0.0889. The molecule has 1 aromatic carbocycles. The van der Waals surface area contributed by atoms with Crippen LogP contribution in [0.4, 0.5) is 5.69 Å². The van der Waals surface area contributed by atoms with E-state index in [0.29, 0.717) is 0 Å². The summed E-state index contributed by atoms with van der Waals surface area (Å²) >= 11 is 0. The van der Waals surface area contributed by atoms with Gasteiger partial charge < -0.3 is 16.4 Å². The van der Waals surface area contributed by atoms with Gasteiger partial charge in [0, 0.05) is 12.7 Å². The molecule has 5 heteroatoms.